The molecule has 1 amide bonds. The van der Waals surface area contributed by atoms with Crippen LogP contribution in [0, 0.1) is 0 Å². The summed E-state index contributed by atoms with van der Waals surface area (Å²) < 4.78 is 4.95. The summed E-state index contributed by atoms with van der Waals surface area (Å²) in [6.45, 7) is 0.565. The second-order valence-electron chi connectivity index (χ2n) is 3.94. The van der Waals surface area contributed by atoms with E-state index in [1.165, 1.54) is 25.1 Å². The molecule has 5 heteroatoms. The fraction of sp³-hybridized carbons (Fsp3) is 0.214. The molecule has 1 heterocycles. The Kier molecular flexibility index (Phi) is 4.44. The number of benzene rings is 1. The largest absolute Gasteiger partial charge is 0.481 e. The number of ether oxygens (including phenoxy) is 1. The molecular weight excluding hydrogens is 242 g/mol. The third-order valence-electron chi connectivity index (χ3n) is 2.63. The van der Waals surface area contributed by atoms with Crippen LogP contribution in [0.15, 0.2) is 42.7 Å². The molecule has 0 saturated carbocycles. The molecule has 98 valence electrons. The summed E-state index contributed by atoms with van der Waals surface area (Å²) in [7, 11) is 1.50. The molecule has 1 N–H and O–H groups in total. The summed E-state index contributed by atoms with van der Waals surface area (Å²) >= 11 is 0. The van der Waals surface area contributed by atoms with Gasteiger partial charge in [-0.3, -0.25) is 4.79 Å². The Morgan fingerprint density at radius 2 is 2.05 bits per heavy atom. The average Bonchev–Trinajstić information content (AvgIpc) is 2.48. The second kappa shape index (κ2) is 6.49. The predicted molar refractivity (Wildman–Crippen MR) is 71.1 cm³/mol. The third kappa shape index (κ3) is 3.77. The van der Waals surface area contributed by atoms with Crippen LogP contribution in [-0.2, 0) is 6.42 Å². The van der Waals surface area contributed by atoms with Crippen molar-refractivity contribution in [3.8, 4) is 5.88 Å². The van der Waals surface area contributed by atoms with Crippen LogP contribution in [0.3, 0.4) is 0 Å². The quantitative estimate of drug-likeness (QED) is 0.880. The molecular formula is C14H15N3O2. The maximum atomic E-state index is 11.8. The number of carbonyl (C=O) groups is 1. The van der Waals surface area contributed by atoms with Gasteiger partial charge in [-0.25, -0.2) is 9.97 Å². The van der Waals surface area contributed by atoms with Gasteiger partial charge in [-0.15, -0.1) is 0 Å². The van der Waals surface area contributed by atoms with Gasteiger partial charge >= 0.3 is 0 Å². The van der Waals surface area contributed by atoms with Gasteiger partial charge in [-0.05, 0) is 12.0 Å². The zero-order valence-electron chi connectivity index (χ0n) is 10.7. The molecule has 0 spiro atoms. The fourth-order valence-corrected chi connectivity index (χ4v) is 1.63. The molecule has 0 radical (unpaired) electrons. The maximum absolute atomic E-state index is 11.8. The van der Waals surface area contributed by atoms with Gasteiger partial charge in [0.25, 0.3) is 5.91 Å². The summed E-state index contributed by atoms with van der Waals surface area (Å²) in [6.07, 6.45) is 2.10. The van der Waals surface area contributed by atoms with Crippen molar-refractivity contribution in [1.82, 2.24) is 15.3 Å². The molecule has 2 aromatic rings. The zero-order valence-corrected chi connectivity index (χ0v) is 10.7. The number of rotatable bonds is 5. The van der Waals surface area contributed by atoms with E-state index in [-0.39, 0.29) is 5.91 Å². The lowest BCUT2D eigenvalue weighted by Gasteiger charge is -2.05. The maximum Gasteiger partial charge on any atom is 0.270 e. The van der Waals surface area contributed by atoms with Gasteiger partial charge in [0.05, 0.1) is 7.11 Å². The molecule has 0 aliphatic carbocycles. The molecule has 0 fully saturated rings. The van der Waals surface area contributed by atoms with Crippen molar-refractivity contribution >= 4 is 5.91 Å². The topological polar surface area (TPSA) is 64.1 Å². The van der Waals surface area contributed by atoms with Gasteiger partial charge in [0, 0.05) is 12.6 Å². The van der Waals surface area contributed by atoms with E-state index >= 15 is 0 Å². The fourth-order valence-electron chi connectivity index (χ4n) is 1.63. The Labute approximate surface area is 111 Å². The molecule has 0 aliphatic rings. The molecule has 0 saturated heterocycles. The summed E-state index contributed by atoms with van der Waals surface area (Å²) in [6, 6.07) is 11.5. The van der Waals surface area contributed by atoms with Crippen molar-refractivity contribution in [2.45, 2.75) is 6.42 Å². The highest BCUT2D eigenvalue weighted by Crippen LogP contribution is 2.05. The number of hydrogen-bond donors (Lipinski definition) is 1. The Morgan fingerprint density at radius 3 is 2.79 bits per heavy atom. The first kappa shape index (κ1) is 13.0. The molecule has 19 heavy (non-hydrogen) atoms. The Hall–Kier alpha value is -2.43. The zero-order chi connectivity index (χ0) is 13.5. The summed E-state index contributed by atoms with van der Waals surface area (Å²) in [4.78, 5) is 19.6. The first-order valence-corrected chi connectivity index (χ1v) is 5.98. The number of methoxy groups -OCH3 is 1. The Bertz CT molecular complexity index is 543. The van der Waals surface area contributed by atoms with Gasteiger partial charge in [0.1, 0.15) is 12.0 Å². The van der Waals surface area contributed by atoms with Crippen LogP contribution in [0.1, 0.15) is 16.1 Å². The van der Waals surface area contributed by atoms with E-state index in [1.54, 1.807) is 0 Å². The SMILES string of the molecule is COc1cc(C(=O)NCCc2ccccc2)ncn1. The van der Waals surface area contributed by atoms with Crippen LogP contribution in [0.2, 0.25) is 0 Å². The normalized spacial score (nSPS) is 9.95. The monoisotopic (exact) mass is 257 g/mol. The lowest BCUT2D eigenvalue weighted by atomic mass is 10.1. The average molecular weight is 257 g/mol. The van der Waals surface area contributed by atoms with Crippen molar-refractivity contribution in [3.63, 3.8) is 0 Å². The van der Waals surface area contributed by atoms with E-state index in [9.17, 15) is 4.79 Å². The number of amides is 1. The second-order valence-corrected chi connectivity index (χ2v) is 3.94. The number of nitrogens with one attached hydrogen (secondary N) is 1. The molecule has 1 aromatic carbocycles. The Morgan fingerprint density at radius 1 is 1.26 bits per heavy atom. The van der Waals surface area contributed by atoms with Gasteiger partial charge in [-0.1, -0.05) is 30.3 Å². The molecule has 0 atom stereocenters. The van der Waals surface area contributed by atoms with Crippen LogP contribution in [0.4, 0.5) is 0 Å². The highest BCUT2D eigenvalue weighted by molar-refractivity contribution is 5.92. The molecule has 5 nitrogen and oxygen atoms in total. The van der Waals surface area contributed by atoms with Crippen molar-refractivity contribution in [3.05, 3.63) is 54.0 Å². The van der Waals surface area contributed by atoms with E-state index in [1.807, 2.05) is 30.3 Å². The molecule has 0 aliphatic heterocycles. The smallest absolute Gasteiger partial charge is 0.270 e. The minimum absolute atomic E-state index is 0.225. The number of nitrogens with zero attached hydrogens (tertiary/aromatic N) is 2. The minimum atomic E-state index is -0.225. The van der Waals surface area contributed by atoms with Crippen LogP contribution in [0.5, 0.6) is 5.88 Å². The standard InChI is InChI=1S/C14H15N3O2/c1-19-13-9-12(16-10-17-13)14(18)15-8-7-11-5-3-2-4-6-11/h2-6,9-10H,7-8H2,1H3,(H,15,18). The molecule has 1 aromatic heterocycles. The number of carbonyl (C=O) groups excluding carboxylic acids is 1. The summed E-state index contributed by atoms with van der Waals surface area (Å²) in [5.41, 5.74) is 1.49. The van der Waals surface area contributed by atoms with Crippen LogP contribution in [0.25, 0.3) is 0 Å². The first-order chi connectivity index (χ1) is 9.29. The van der Waals surface area contributed by atoms with Crippen molar-refractivity contribution in [2.24, 2.45) is 0 Å². The highest BCUT2D eigenvalue weighted by atomic mass is 16.5. The molecule has 2 rings (SSSR count). The van der Waals surface area contributed by atoms with E-state index in [4.69, 9.17) is 4.74 Å². The first-order valence-electron chi connectivity index (χ1n) is 5.98. The van der Waals surface area contributed by atoms with Crippen molar-refractivity contribution in [2.75, 3.05) is 13.7 Å². The Balaban J connectivity index is 1.87. The van der Waals surface area contributed by atoms with Gasteiger partial charge in [-0.2, -0.15) is 0 Å². The molecule has 0 unspecified atom stereocenters. The van der Waals surface area contributed by atoms with E-state index in [0.29, 0.717) is 18.1 Å². The number of aromatic nitrogens is 2. The van der Waals surface area contributed by atoms with Gasteiger partial charge in [0.2, 0.25) is 5.88 Å². The van der Waals surface area contributed by atoms with Gasteiger partial charge < -0.3 is 10.1 Å². The third-order valence-corrected chi connectivity index (χ3v) is 2.63. The highest BCUT2D eigenvalue weighted by Gasteiger charge is 2.08. The lowest BCUT2D eigenvalue weighted by Crippen LogP contribution is -2.26. The van der Waals surface area contributed by atoms with Gasteiger partial charge in [0.15, 0.2) is 0 Å². The van der Waals surface area contributed by atoms with Crippen LogP contribution in [-0.4, -0.2) is 29.5 Å². The van der Waals surface area contributed by atoms with Crippen molar-refractivity contribution < 1.29 is 9.53 Å². The number of hydrogen-bond acceptors (Lipinski definition) is 4. The lowest BCUT2D eigenvalue weighted by molar-refractivity contribution is 0.0948. The van der Waals surface area contributed by atoms with E-state index in [2.05, 4.69) is 15.3 Å². The van der Waals surface area contributed by atoms with Crippen molar-refractivity contribution in [1.29, 1.82) is 0 Å². The summed E-state index contributed by atoms with van der Waals surface area (Å²) in [5.74, 6) is 0.153. The van der Waals surface area contributed by atoms with Crippen LogP contribution >= 0.6 is 0 Å². The molecule has 0 bridgehead atoms. The van der Waals surface area contributed by atoms with Crippen LogP contribution < -0.4 is 10.1 Å². The van der Waals surface area contributed by atoms with E-state index in [0.717, 1.165) is 6.42 Å². The predicted octanol–water partition coefficient (Wildman–Crippen LogP) is 1.46. The van der Waals surface area contributed by atoms with E-state index < -0.39 is 0 Å². The summed E-state index contributed by atoms with van der Waals surface area (Å²) in [5, 5.41) is 2.81. The minimum Gasteiger partial charge on any atom is -0.481 e.